The van der Waals surface area contributed by atoms with Gasteiger partial charge in [0.05, 0.1) is 0 Å². The zero-order chi connectivity index (χ0) is 19.6. The van der Waals surface area contributed by atoms with Crippen LogP contribution in [0.2, 0.25) is 0 Å². The highest BCUT2D eigenvalue weighted by Gasteiger charge is 2.12. The second-order valence-electron chi connectivity index (χ2n) is 7.70. The van der Waals surface area contributed by atoms with Crippen molar-refractivity contribution in [3.8, 4) is 0 Å². The molecule has 2 aromatic rings. The Balaban J connectivity index is 0.00000300. The van der Waals surface area contributed by atoms with Gasteiger partial charge < -0.3 is 25.0 Å². The third-order valence-corrected chi connectivity index (χ3v) is 5.56. The molecule has 3 rings (SSSR count). The number of hydrogen-bond donors (Lipinski definition) is 2. The molecule has 1 saturated heterocycles. The quantitative estimate of drug-likeness (QED) is 0.235. The Labute approximate surface area is 192 Å². The van der Waals surface area contributed by atoms with Crippen LogP contribution >= 0.6 is 24.0 Å². The number of fused-ring (bicyclic) bond motifs is 1. The smallest absolute Gasteiger partial charge is 0.190 e. The maximum absolute atomic E-state index is 4.34. The van der Waals surface area contributed by atoms with Crippen LogP contribution in [0.4, 0.5) is 0 Å². The molecular formula is C22H37IN6. The fourth-order valence-electron chi connectivity index (χ4n) is 3.75. The van der Waals surface area contributed by atoms with Crippen LogP contribution in [0.1, 0.15) is 19.3 Å². The van der Waals surface area contributed by atoms with E-state index >= 15 is 0 Å². The summed E-state index contributed by atoms with van der Waals surface area (Å²) in [5.41, 5.74) is 1.31. The molecule has 1 aliphatic rings. The predicted molar refractivity (Wildman–Crippen MR) is 135 cm³/mol. The largest absolute Gasteiger partial charge is 0.356 e. The van der Waals surface area contributed by atoms with Gasteiger partial charge in [-0.1, -0.05) is 18.2 Å². The standard InChI is InChI=1S/C22H36N6.HI/c1-23-22(24-11-5-6-13-27-18-16-26(2)17-19-27)25-12-7-14-28-15-10-20-8-3-4-9-21(20)28;/h3-4,8-10,15H,5-7,11-14,16-19H2,1-2H3,(H2,23,24,25);1H. The molecule has 0 bridgehead atoms. The summed E-state index contributed by atoms with van der Waals surface area (Å²) < 4.78 is 2.32. The van der Waals surface area contributed by atoms with Crippen LogP contribution in [-0.4, -0.2) is 80.2 Å². The van der Waals surface area contributed by atoms with Crippen molar-refractivity contribution in [3.63, 3.8) is 0 Å². The normalized spacial score (nSPS) is 16.0. The highest BCUT2D eigenvalue weighted by molar-refractivity contribution is 14.0. The third kappa shape index (κ3) is 7.79. The van der Waals surface area contributed by atoms with Gasteiger partial charge in [-0.2, -0.15) is 0 Å². The Morgan fingerprint density at radius 2 is 1.66 bits per heavy atom. The van der Waals surface area contributed by atoms with E-state index in [2.05, 4.69) is 73.6 Å². The monoisotopic (exact) mass is 512 g/mol. The van der Waals surface area contributed by atoms with Gasteiger partial charge in [-0.3, -0.25) is 4.99 Å². The molecule has 1 aliphatic heterocycles. The molecule has 162 valence electrons. The SMILES string of the molecule is CN=C(NCCCCN1CCN(C)CC1)NCCCn1ccc2ccccc21.I. The molecule has 1 aromatic heterocycles. The molecular weight excluding hydrogens is 475 g/mol. The molecule has 0 atom stereocenters. The zero-order valence-corrected chi connectivity index (χ0v) is 20.3. The van der Waals surface area contributed by atoms with Crippen molar-refractivity contribution in [2.24, 2.45) is 4.99 Å². The van der Waals surface area contributed by atoms with Crippen molar-refractivity contribution < 1.29 is 0 Å². The summed E-state index contributed by atoms with van der Waals surface area (Å²) in [4.78, 5) is 9.33. The Morgan fingerprint density at radius 3 is 2.41 bits per heavy atom. The average molecular weight is 512 g/mol. The first-order chi connectivity index (χ1) is 13.8. The number of piperazine rings is 1. The zero-order valence-electron chi connectivity index (χ0n) is 17.9. The number of aromatic nitrogens is 1. The molecule has 2 N–H and O–H groups in total. The first kappa shape index (κ1) is 24.0. The van der Waals surface area contributed by atoms with Gasteiger partial charge in [-0.25, -0.2) is 0 Å². The summed E-state index contributed by atoms with van der Waals surface area (Å²) in [7, 11) is 4.06. The van der Waals surface area contributed by atoms with Crippen LogP contribution in [0, 0.1) is 0 Å². The van der Waals surface area contributed by atoms with Gasteiger partial charge in [0.25, 0.3) is 0 Å². The molecule has 1 aromatic carbocycles. The van der Waals surface area contributed by atoms with Gasteiger partial charge in [-0.05, 0) is 50.4 Å². The second-order valence-corrected chi connectivity index (χ2v) is 7.70. The molecule has 6 nitrogen and oxygen atoms in total. The molecule has 7 heteroatoms. The Kier molecular flexibility index (Phi) is 10.8. The summed E-state index contributed by atoms with van der Waals surface area (Å²) in [5, 5.41) is 8.19. The van der Waals surface area contributed by atoms with E-state index in [-0.39, 0.29) is 24.0 Å². The van der Waals surface area contributed by atoms with E-state index in [1.165, 1.54) is 56.5 Å². The van der Waals surface area contributed by atoms with E-state index in [1.54, 1.807) is 0 Å². The van der Waals surface area contributed by atoms with E-state index in [1.807, 2.05) is 7.05 Å². The van der Waals surface area contributed by atoms with Gasteiger partial charge in [0.2, 0.25) is 0 Å². The van der Waals surface area contributed by atoms with Gasteiger partial charge in [0.15, 0.2) is 5.96 Å². The highest BCUT2D eigenvalue weighted by Crippen LogP contribution is 2.15. The maximum atomic E-state index is 4.34. The molecule has 0 unspecified atom stereocenters. The number of guanidine groups is 1. The van der Waals surface area contributed by atoms with E-state index in [0.29, 0.717) is 0 Å². The first-order valence-corrected chi connectivity index (χ1v) is 10.7. The van der Waals surface area contributed by atoms with Crippen LogP contribution in [0.15, 0.2) is 41.5 Å². The number of para-hydroxylation sites is 1. The van der Waals surface area contributed by atoms with Crippen molar-refractivity contribution >= 4 is 40.8 Å². The average Bonchev–Trinajstić information content (AvgIpc) is 3.14. The number of aryl methyl sites for hydroxylation is 1. The van der Waals surface area contributed by atoms with Crippen molar-refractivity contribution in [1.29, 1.82) is 0 Å². The van der Waals surface area contributed by atoms with Crippen LogP contribution in [0.25, 0.3) is 10.9 Å². The summed E-state index contributed by atoms with van der Waals surface area (Å²) in [6, 6.07) is 10.7. The van der Waals surface area contributed by atoms with Crippen molar-refractivity contribution in [1.82, 2.24) is 25.0 Å². The Bertz CT molecular complexity index is 736. The number of likely N-dealkylation sites (N-methyl/N-ethyl adjacent to an activating group) is 1. The molecule has 0 aliphatic carbocycles. The topological polar surface area (TPSA) is 47.8 Å². The van der Waals surface area contributed by atoms with Crippen molar-refractivity contribution in [2.45, 2.75) is 25.8 Å². The van der Waals surface area contributed by atoms with Crippen LogP contribution in [0.5, 0.6) is 0 Å². The minimum Gasteiger partial charge on any atom is -0.356 e. The number of unbranched alkanes of at least 4 members (excludes halogenated alkanes) is 1. The van der Waals surface area contributed by atoms with Gasteiger partial charge in [-0.15, -0.1) is 24.0 Å². The summed E-state index contributed by atoms with van der Waals surface area (Å²) >= 11 is 0. The molecule has 2 heterocycles. The molecule has 0 radical (unpaired) electrons. The van der Waals surface area contributed by atoms with E-state index in [4.69, 9.17) is 0 Å². The van der Waals surface area contributed by atoms with E-state index in [0.717, 1.165) is 32.0 Å². The molecule has 29 heavy (non-hydrogen) atoms. The number of nitrogens with one attached hydrogen (secondary N) is 2. The number of halogens is 1. The Morgan fingerprint density at radius 1 is 0.931 bits per heavy atom. The van der Waals surface area contributed by atoms with E-state index in [9.17, 15) is 0 Å². The fourth-order valence-corrected chi connectivity index (χ4v) is 3.75. The molecule has 0 amide bonds. The third-order valence-electron chi connectivity index (χ3n) is 5.56. The molecule has 0 spiro atoms. The van der Waals surface area contributed by atoms with Crippen molar-refractivity contribution in [3.05, 3.63) is 36.5 Å². The minimum atomic E-state index is 0. The summed E-state index contributed by atoms with van der Waals surface area (Å²) in [5.74, 6) is 0.914. The second kappa shape index (κ2) is 13.1. The van der Waals surface area contributed by atoms with Gasteiger partial charge >= 0.3 is 0 Å². The minimum absolute atomic E-state index is 0. The molecule has 1 fully saturated rings. The number of aliphatic imine (C=N–C) groups is 1. The summed E-state index contributed by atoms with van der Waals surface area (Å²) in [6.45, 7) is 8.97. The van der Waals surface area contributed by atoms with Crippen molar-refractivity contribution in [2.75, 3.05) is 59.9 Å². The number of nitrogens with zero attached hydrogens (tertiary/aromatic N) is 4. The Hall–Kier alpha value is -1.32. The highest BCUT2D eigenvalue weighted by atomic mass is 127. The first-order valence-electron chi connectivity index (χ1n) is 10.7. The maximum Gasteiger partial charge on any atom is 0.190 e. The predicted octanol–water partition coefficient (Wildman–Crippen LogP) is 2.84. The number of hydrogen-bond acceptors (Lipinski definition) is 3. The number of rotatable bonds is 9. The fraction of sp³-hybridized carbons (Fsp3) is 0.591. The van der Waals surface area contributed by atoms with Gasteiger partial charge in [0.1, 0.15) is 0 Å². The molecule has 0 saturated carbocycles. The lowest BCUT2D eigenvalue weighted by Crippen LogP contribution is -2.44. The van der Waals surface area contributed by atoms with E-state index < -0.39 is 0 Å². The van der Waals surface area contributed by atoms with Crippen LogP contribution in [-0.2, 0) is 6.54 Å². The van der Waals surface area contributed by atoms with Crippen LogP contribution in [0.3, 0.4) is 0 Å². The van der Waals surface area contributed by atoms with Gasteiger partial charge in [0, 0.05) is 64.6 Å². The van der Waals surface area contributed by atoms with Crippen LogP contribution < -0.4 is 10.6 Å². The summed E-state index contributed by atoms with van der Waals surface area (Å²) in [6.07, 6.45) is 5.68. The lowest BCUT2D eigenvalue weighted by Gasteiger charge is -2.32. The lowest BCUT2D eigenvalue weighted by molar-refractivity contribution is 0.152. The number of benzene rings is 1. The lowest BCUT2D eigenvalue weighted by atomic mass is 10.2.